The van der Waals surface area contributed by atoms with E-state index in [1.165, 1.54) is 24.0 Å². The maximum absolute atomic E-state index is 9.30. The molecule has 0 bridgehead atoms. The summed E-state index contributed by atoms with van der Waals surface area (Å²) in [6.07, 6.45) is 4.48. The first-order valence-electron chi connectivity index (χ1n) is 7.12. The summed E-state index contributed by atoms with van der Waals surface area (Å²) in [6.45, 7) is 4.90. The van der Waals surface area contributed by atoms with Crippen molar-refractivity contribution in [2.75, 3.05) is 6.54 Å². The van der Waals surface area contributed by atoms with Gasteiger partial charge in [0.15, 0.2) is 0 Å². The van der Waals surface area contributed by atoms with Crippen molar-refractivity contribution in [2.45, 2.75) is 51.7 Å². The monoisotopic (exact) mass is 247 g/mol. The number of hydrogen-bond donors (Lipinski definition) is 2. The lowest BCUT2D eigenvalue weighted by Crippen LogP contribution is -2.35. The summed E-state index contributed by atoms with van der Waals surface area (Å²) >= 11 is 0. The molecule has 0 aliphatic heterocycles. The summed E-state index contributed by atoms with van der Waals surface area (Å²) in [5, 5.41) is 12.9. The zero-order valence-electron chi connectivity index (χ0n) is 11.5. The minimum absolute atomic E-state index is 0.197. The summed E-state index contributed by atoms with van der Waals surface area (Å²) in [6, 6.07) is 9.44. The fourth-order valence-electron chi connectivity index (χ4n) is 2.36. The molecule has 0 radical (unpaired) electrons. The molecule has 2 atom stereocenters. The van der Waals surface area contributed by atoms with Crippen molar-refractivity contribution in [2.24, 2.45) is 5.92 Å². The molecule has 1 fully saturated rings. The molecule has 100 valence electrons. The Hall–Kier alpha value is -0.860. The van der Waals surface area contributed by atoms with E-state index < -0.39 is 0 Å². The van der Waals surface area contributed by atoms with Crippen LogP contribution in [-0.4, -0.2) is 23.8 Å². The molecule has 1 aliphatic carbocycles. The van der Waals surface area contributed by atoms with Crippen molar-refractivity contribution in [1.29, 1.82) is 0 Å². The Balaban J connectivity index is 1.84. The highest BCUT2D eigenvalue weighted by Gasteiger charge is 2.30. The van der Waals surface area contributed by atoms with Gasteiger partial charge in [0.2, 0.25) is 0 Å². The van der Waals surface area contributed by atoms with E-state index in [1.807, 2.05) is 6.92 Å². The molecule has 18 heavy (non-hydrogen) atoms. The van der Waals surface area contributed by atoms with Crippen molar-refractivity contribution in [3.8, 4) is 0 Å². The molecule has 1 aromatic rings. The van der Waals surface area contributed by atoms with Gasteiger partial charge in [-0.1, -0.05) is 29.8 Å². The number of aryl methyl sites for hydroxylation is 1. The van der Waals surface area contributed by atoms with Crippen LogP contribution in [0.4, 0.5) is 0 Å². The van der Waals surface area contributed by atoms with E-state index in [2.05, 4.69) is 36.5 Å². The third-order valence-corrected chi connectivity index (χ3v) is 3.74. The van der Waals surface area contributed by atoms with Crippen LogP contribution in [0.15, 0.2) is 24.3 Å². The molecule has 0 heterocycles. The number of aliphatic hydroxyl groups excluding tert-OH is 1. The van der Waals surface area contributed by atoms with Crippen LogP contribution in [-0.2, 0) is 6.42 Å². The molecule has 2 nitrogen and oxygen atoms in total. The second-order valence-corrected chi connectivity index (χ2v) is 5.73. The van der Waals surface area contributed by atoms with E-state index in [-0.39, 0.29) is 6.10 Å². The first kappa shape index (κ1) is 13.6. The zero-order chi connectivity index (χ0) is 13.0. The summed E-state index contributed by atoms with van der Waals surface area (Å²) in [4.78, 5) is 0. The Morgan fingerprint density at radius 1 is 1.28 bits per heavy atom. The molecule has 0 saturated heterocycles. The van der Waals surface area contributed by atoms with E-state index in [1.54, 1.807) is 0 Å². The summed E-state index contributed by atoms with van der Waals surface area (Å²) in [5.41, 5.74) is 2.74. The molecular formula is C16H25NO. The Morgan fingerprint density at radius 2 is 1.94 bits per heavy atom. The van der Waals surface area contributed by atoms with E-state index in [0.29, 0.717) is 6.04 Å². The Kier molecular flexibility index (Phi) is 4.79. The number of hydrogen-bond acceptors (Lipinski definition) is 2. The van der Waals surface area contributed by atoms with E-state index in [4.69, 9.17) is 0 Å². The number of benzene rings is 1. The summed E-state index contributed by atoms with van der Waals surface area (Å²) < 4.78 is 0. The molecule has 2 heteroatoms. The Morgan fingerprint density at radius 3 is 2.50 bits per heavy atom. The average molecular weight is 247 g/mol. The maximum atomic E-state index is 9.30. The second kappa shape index (κ2) is 6.35. The number of rotatable bonds is 7. The lowest BCUT2D eigenvalue weighted by molar-refractivity contribution is 0.181. The van der Waals surface area contributed by atoms with Gasteiger partial charge in [-0.3, -0.25) is 0 Å². The van der Waals surface area contributed by atoms with Crippen molar-refractivity contribution in [1.82, 2.24) is 5.32 Å². The van der Waals surface area contributed by atoms with Crippen LogP contribution in [0, 0.1) is 12.8 Å². The quantitative estimate of drug-likeness (QED) is 0.776. The van der Waals surface area contributed by atoms with Crippen molar-refractivity contribution in [3.63, 3.8) is 0 Å². The third-order valence-electron chi connectivity index (χ3n) is 3.74. The van der Waals surface area contributed by atoms with Crippen LogP contribution in [0.3, 0.4) is 0 Å². The van der Waals surface area contributed by atoms with Crippen LogP contribution >= 0.6 is 0 Å². The fraction of sp³-hybridized carbons (Fsp3) is 0.625. The van der Waals surface area contributed by atoms with Gasteiger partial charge in [-0.05, 0) is 57.6 Å². The van der Waals surface area contributed by atoms with Gasteiger partial charge in [-0.2, -0.15) is 0 Å². The van der Waals surface area contributed by atoms with Gasteiger partial charge in [-0.25, -0.2) is 0 Å². The highest BCUT2D eigenvalue weighted by molar-refractivity contribution is 5.22. The van der Waals surface area contributed by atoms with Gasteiger partial charge >= 0.3 is 0 Å². The molecule has 1 saturated carbocycles. The molecule has 1 aromatic carbocycles. The summed E-state index contributed by atoms with van der Waals surface area (Å²) in [7, 11) is 0. The highest BCUT2D eigenvalue weighted by atomic mass is 16.3. The zero-order valence-corrected chi connectivity index (χ0v) is 11.5. The van der Waals surface area contributed by atoms with Crippen LogP contribution in [0.25, 0.3) is 0 Å². The van der Waals surface area contributed by atoms with Gasteiger partial charge in [0.1, 0.15) is 0 Å². The molecule has 0 aromatic heterocycles. The average Bonchev–Trinajstić information content (AvgIpc) is 3.14. The lowest BCUT2D eigenvalue weighted by Gasteiger charge is -2.19. The SMILES string of the molecule is Cc1ccc(CC(NCCC(C)O)C2CC2)cc1. The van der Waals surface area contributed by atoms with Crippen LogP contribution in [0.1, 0.15) is 37.3 Å². The van der Waals surface area contributed by atoms with Crippen LogP contribution in [0.5, 0.6) is 0 Å². The normalized spacial score (nSPS) is 18.6. The van der Waals surface area contributed by atoms with Crippen LogP contribution < -0.4 is 5.32 Å². The molecule has 2 unspecified atom stereocenters. The molecule has 1 aliphatic rings. The van der Waals surface area contributed by atoms with E-state index in [0.717, 1.165) is 25.3 Å². The van der Waals surface area contributed by atoms with Gasteiger partial charge in [0.25, 0.3) is 0 Å². The molecular weight excluding hydrogens is 222 g/mol. The predicted octanol–water partition coefficient (Wildman–Crippen LogP) is 2.68. The van der Waals surface area contributed by atoms with Gasteiger partial charge < -0.3 is 10.4 Å². The van der Waals surface area contributed by atoms with E-state index in [9.17, 15) is 5.11 Å². The minimum Gasteiger partial charge on any atom is -0.393 e. The first-order chi connectivity index (χ1) is 8.65. The predicted molar refractivity (Wildman–Crippen MR) is 75.7 cm³/mol. The highest BCUT2D eigenvalue weighted by Crippen LogP contribution is 2.34. The van der Waals surface area contributed by atoms with Gasteiger partial charge in [0.05, 0.1) is 6.10 Å². The third kappa shape index (κ3) is 4.43. The number of aliphatic hydroxyl groups is 1. The Labute approximate surface area is 110 Å². The second-order valence-electron chi connectivity index (χ2n) is 5.73. The smallest absolute Gasteiger partial charge is 0.0524 e. The topological polar surface area (TPSA) is 32.3 Å². The maximum Gasteiger partial charge on any atom is 0.0524 e. The van der Waals surface area contributed by atoms with Crippen molar-refractivity contribution >= 4 is 0 Å². The first-order valence-corrected chi connectivity index (χ1v) is 7.12. The summed E-state index contributed by atoms with van der Waals surface area (Å²) in [5.74, 6) is 0.848. The molecule has 2 rings (SSSR count). The van der Waals surface area contributed by atoms with Gasteiger partial charge in [-0.15, -0.1) is 0 Å². The number of nitrogens with one attached hydrogen (secondary N) is 1. The molecule has 2 N–H and O–H groups in total. The molecule has 0 amide bonds. The van der Waals surface area contributed by atoms with Crippen molar-refractivity contribution < 1.29 is 5.11 Å². The molecule has 0 spiro atoms. The van der Waals surface area contributed by atoms with E-state index >= 15 is 0 Å². The van der Waals surface area contributed by atoms with Crippen LogP contribution in [0.2, 0.25) is 0 Å². The minimum atomic E-state index is -0.197. The Bertz CT molecular complexity index is 354. The fourth-order valence-corrected chi connectivity index (χ4v) is 2.36. The largest absolute Gasteiger partial charge is 0.393 e. The lowest BCUT2D eigenvalue weighted by atomic mass is 10.0. The standard InChI is InChI=1S/C16H25NO/c1-12-3-5-14(6-4-12)11-16(15-7-8-15)17-10-9-13(2)18/h3-6,13,15-18H,7-11H2,1-2H3. The van der Waals surface area contributed by atoms with Crippen molar-refractivity contribution in [3.05, 3.63) is 35.4 Å². The van der Waals surface area contributed by atoms with Gasteiger partial charge in [0, 0.05) is 6.04 Å².